The van der Waals surface area contributed by atoms with E-state index < -0.39 is 0 Å². The molecule has 18 heavy (non-hydrogen) atoms. The number of hydrogen-bond donors (Lipinski definition) is 0. The van der Waals surface area contributed by atoms with Gasteiger partial charge < -0.3 is 4.74 Å². The van der Waals surface area contributed by atoms with E-state index in [0.717, 1.165) is 27.8 Å². The quantitative estimate of drug-likeness (QED) is 0.687. The number of pyridine rings is 1. The molecule has 0 aliphatic carbocycles. The fraction of sp³-hybridized carbons (Fsp3) is 0.0714. The van der Waals surface area contributed by atoms with Gasteiger partial charge in [0.05, 0.1) is 12.8 Å². The molecule has 3 rings (SSSR count). The molecule has 4 heteroatoms. The molecule has 2 aromatic heterocycles. The predicted molar refractivity (Wildman–Crippen MR) is 69.3 cm³/mol. The van der Waals surface area contributed by atoms with Crippen LogP contribution in [-0.4, -0.2) is 22.3 Å². The fourth-order valence-electron chi connectivity index (χ4n) is 1.93. The highest BCUT2D eigenvalue weighted by Crippen LogP contribution is 2.32. The van der Waals surface area contributed by atoms with Crippen LogP contribution in [0.4, 0.5) is 0 Å². The smallest absolute Gasteiger partial charge is 0.128 e. The SMILES string of the molecule is COc1cc2ccncc2cc1-c1cccnn1. The van der Waals surface area contributed by atoms with Crippen molar-refractivity contribution in [2.24, 2.45) is 0 Å². The number of benzene rings is 1. The van der Waals surface area contributed by atoms with Crippen molar-refractivity contribution in [3.63, 3.8) is 0 Å². The highest BCUT2D eigenvalue weighted by molar-refractivity contribution is 5.89. The van der Waals surface area contributed by atoms with Gasteiger partial charge in [0, 0.05) is 29.5 Å². The molecular formula is C14H11N3O. The van der Waals surface area contributed by atoms with Gasteiger partial charge in [0.15, 0.2) is 0 Å². The molecule has 0 N–H and O–H groups in total. The van der Waals surface area contributed by atoms with Crippen LogP contribution in [0.2, 0.25) is 0 Å². The maximum atomic E-state index is 5.42. The van der Waals surface area contributed by atoms with E-state index in [1.807, 2.05) is 36.5 Å². The Bertz CT molecular complexity index is 683. The average Bonchev–Trinajstić information content (AvgIpc) is 2.46. The summed E-state index contributed by atoms with van der Waals surface area (Å²) in [6.07, 6.45) is 5.25. The molecule has 88 valence electrons. The lowest BCUT2D eigenvalue weighted by atomic mass is 10.1. The molecule has 0 atom stereocenters. The summed E-state index contributed by atoms with van der Waals surface area (Å²) >= 11 is 0. The Morgan fingerprint density at radius 1 is 1.06 bits per heavy atom. The zero-order valence-electron chi connectivity index (χ0n) is 9.87. The second-order valence-electron chi connectivity index (χ2n) is 3.88. The van der Waals surface area contributed by atoms with E-state index in [1.54, 1.807) is 19.5 Å². The molecule has 0 saturated carbocycles. The molecule has 3 aromatic rings. The number of fused-ring (bicyclic) bond motifs is 1. The summed E-state index contributed by atoms with van der Waals surface area (Å²) < 4.78 is 5.42. The first kappa shape index (κ1) is 10.7. The summed E-state index contributed by atoms with van der Waals surface area (Å²) in [6.45, 7) is 0. The first-order valence-corrected chi connectivity index (χ1v) is 5.58. The minimum atomic E-state index is 0.786. The third-order valence-corrected chi connectivity index (χ3v) is 2.81. The zero-order chi connectivity index (χ0) is 12.4. The average molecular weight is 237 g/mol. The zero-order valence-corrected chi connectivity index (χ0v) is 9.87. The van der Waals surface area contributed by atoms with Crippen LogP contribution in [0.3, 0.4) is 0 Å². The Morgan fingerprint density at radius 3 is 2.78 bits per heavy atom. The second-order valence-corrected chi connectivity index (χ2v) is 3.88. The lowest BCUT2D eigenvalue weighted by Crippen LogP contribution is -1.92. The van der Waals surface area contributed by atoms with Crippen molar-refractivity contribution in [1.29, 1.82) is 0 Å². The largest absolute Gasteiger partial charge is 0.496 e. The molecule has 0 bridgehead atoms. The molecule has 0 spiro atoms. The lowest BCUT2D eigenvalue weighted by molar-refractivity contribution is 0.417. The van der Waals surface area contributed by atoms with Gasteiger partial charge in [-0.05, 0) is 35.7 Å². The van der Waals surface area contributed by atoms with Crippen LogP contribution in [-0.2, 0) is 0 Å². The monoisotopic (exact) mass is 237 g/mol. The van der Waals surface area contributed by atoms with E-state index in [0.29, 0.717) is 0 Å². The molecule has 0 saturated heterocycles. The number of aromatic nitrogens is 3. The van der Waals surface area contributed by atoms with Crippen LogP contribution in [0.15, 0.2) is 48.9 Å². The van der Waals surface area contributed by atoms with Gasteiger partial charge in [0.2, 0.25) is 0 Å². The summed E-state index contributed by atoms with van der Waals surface area (Å²) in [5, 5.41) is 10.2. The van der Waals surface area contributed by atoms with Crippen molar-refractivity contribution < 1.29 is 4.74 Å². The predicted octanol–water partition coefficient (Wildman–Crippen LogP) is 2.70. The Kier molecular flexibility index (Phi) is 2.61. The van der Waals surface area contributed by atoms with E-state index in [9.17, 15) is 0 Å². The molecule has 4 nitrogen and oxygen atoms in total. The third kappa shape index (κ3) is 1.78. The number of hydrogen-bond acceptors (Lipinski definition) is 4. The molecule has 0 unspecified atom stereocenters. The summed E-state index contributed by atoms with van der Waals surface area (Å²) in [5.41, 5.74) is 1.71. The van der Waals surface area contributed by atoms with Gasteiger partial charge in [0.25, 0.3) is 0 Å². The minimum Gasteiger partial charge on any atom is -0.496 e. The normalized spacial score (nSPS) is 10.5. The molecular weight excluding hydrogens is 226 g/mol. The molecule has 0 radical (unpaired) electrons. The Labute approximate surface area is 104 Å². The number of methoxy groups -OCH3 is 1. The van der Waals surface area contributed by atoms with Gasteiger partial charge in [-0.15, -0.1) is 0 Å². The van der Waals surface area contributed by atoms with E-state index in [4.69, 9.17) is 4.74 Å². The van der Waals surface area contributed by atoms with Crippen molar-refractivity contribution in [3.8, 4) is 17.0 Å². The second kappa shape index (κ2) is 4.41. The van der Waals surface area contributed by atoms with Gasteiger partial charge in [-0.3, -0.25) is 4.98 Å². The van der Waals surface area contributed by atoms with Gasteiger partial charge >= 0.3 is 0 Å². The maximum Gasteiger partial charge on any atom is 0.128 e. The molecule has 1 aromatic carbocycles. The third-order valence-electron chi connectivity index (χ3n) is 2.81. The Balaban J connectivity index is 2.27. The Morgan fingerprint density at radius 2 is 2.00 bits per heavy atom. The molecule has 0 aliphatic rings. The van der Waals surface area contributed by atoms with Gasteiger partial charge in [-0.2, -0.15) is 10.2 Å². The van der Waals surface area contributed by atoms with E-state index >= 15 is 0 Å². The lowest BCUT2D eigenvalue weighted by Gasteiger charge is -2.09. The number of ether oxygens (including phenoxy) is 1. The molecule has 2 heterocycles. The molecule has 0 fully saturated rings. The van der Waals surface area contributed by atoms with Crippen molar-refractivity contribution in [1.82, 2.24) is 15.2 Å². The molecule has 0 aliphatic heterocycles. The Hall–Kier alpha value is -2.49. The highest BCUT2D eigenvalue weighted by Gasteiger charge is 2.09. The van der Waals surface area contributed by atoms with Crippen LogP contribution < -0.4 is 4.74 Å². The van der Waals surface area contributed by atoms with Crippen LogP contribution in [0, 0.1) is 0 Å². The first-order valence-electron chi connectivity index (χ1n) is 5.58. The fourth-order valence-corrected chi connectivity index (χ4v) is 1.93. The van der Waals surface area contributed by atoms with Crippen LogP contribution in [0.25, 0.3) is 22.0 Å². The number of rotatable bonds is 2. The van der Waals surface area contributed by atoms with E-state index in [1.165, 1.54) is 0 Å². The van der Waals surface area contributed by atoms with Gasteiger partial charge in [0.1, 0.15) is 5.75 Å². The summed E-state index contributed by atoms with van der Waals surface area (Å²) in [6, 6.07) is 9.73. The van der Waals surface area contributed by atoms with Gasteiger partial charge in [-0.1, -0.05) is 0 Å². The van der Waals surface area contributed by atoms with Crippen molar-refractivity contribution >= 4 is 10.8 Å². The maximum absolute atomic E-state index is 5.42. The van der Waals surface area contributed by atoms with Crippen LogP contribution >= 0.6 is 0 Å². The van der Waals surface area contributed by atoms with Crippen molar-refractivity contribution in [3.05, 3.63) is 48.9 Å². The summed E-state index contributed by atoms with van der Waals surface area (Å²) in [7, 11) is 1.65. The minimum absolute atomic E-state index is 0.786. The van der Waals surface area contributed by atoms with E-state index in [2.05, 4.69) is 15.2 Å². The van der Waals surface area contributed by atoms with Crippen LogP contribution in [0.5, 0.6) is 5.75 Å². The standard InChI is InChI=1S/C14H11N3O/c1-18-14-8-10-4-6-15-9-11(10)7-12(14)13-3-2-5-16-17-13/h2-9H,1H3. The number of nitrogens with zero attached hydrogens (tertiary/aromatic N) is 3. The highest BCUT2D eigenvalue weighted by atomic mass is 16.5. The van der Waals surface area contributed by atoms with Crippen molar-refractivity contribution in [2.45, 2.75) is 0 Å². The van der Waals surface area contributed by atoms with Crippen molar-refractivity contribution in [2.75, 3.05) is 7.11 Å². The van der Waals surface area contributed by atoms with E-state index in [-0.39, 0.29) is 0 Å². The summed E-state index contributed by atoms with van der Waals surface area (Å²) in [4.78, 5) is 4.13. The molecule has 0 amide bonds. The summed E-state index contributed by atoms with van der Waals surface area (Å²) in [5.74, 6) is 0.786. The topological polar surface area (TPSA) is 47.9 Å². The van der Waals surface area contributed by atoms with Gasteiger partial charge in [-0.25, -0.2) is 0 Å². The van der Waals surface area contributed by atoms with Crippen LogP contribution in [0.1, 0.15) is 0 Å². The first-order chi connectivity index (χ1) is 8.88.